The highest BCUT2D eigenvalue weighted by Crippen LogP contribution is 2.34. The van der Waals surface area contributed by atoms with Crippen LogP contribution in [0.3, 0.4) is 0 Å². The molecule has 0 radical (unpaired) electrons. The number of fused-ring (bicyclic) bond motifs is 1. The molecule has 102 valence electrons. The van der Waals surface area contributed by atoms with Crippen LogP contribution < -0.4 is 9.64 Å². The number of aryl methyl sites for hydroxylation is 2. The lowest BCUT2D eigenvalue weighted by atomic mass is 10.00. The second kappa shape index (κ2) is 4.63. The Morgan fingerprint density at radius 2 is 2.05 bits per heavy atom. The molecule has 0 atom stereocenters. The molecule has 0 N–H and O–H groups in total. The Balaban J connectivity index is 2.07. The molecular formula is C16H16N2O2. The van der Waals surface area contributed by atoms with Crippen molar-refractivity contribution in [2.75, 3.05) is 18.6 Å². The van der Waals surface area contributed by atoms with Crippen molar-refractivity contribution >= 4 is 11.7 Å². The van der Waals surface area contributed by atoms with Crippen molar-refractivity contribution in [1.82, 2.24) is 4.98 Å². The fraction of sp³-hybridized carbons (Fsp3) is 0.250. The molecule has 0 unspecified atom stereocenters. The lowest BCUT2D eigenvalue weighted by molar-refractivity contribution is -0.121. The first-order valence-corrected chi connectivity index (χ1v) is 6.53. The Bertz CT molecular complexity index is 695. The van der Waals surface area contributed by atoms with Gasteiger partial charge in [0, 0.05) is 18.8 Å². The minimum Gasteiger partial charge on any atom is -0.480 e. The molecule has 20 heavy (non-hydrogen) atoms. The summed E-state index contributed by atoms with van der Waals surface area (Å²) in [5, 5.41) is 0. The molecule has 4 nitrogen and oxygen atoms in total. The quantitative estimate of drug-likeness (QED) is 0.798. The van der Waals surface area contributed by atoms with Crippen LogP contribution in [0.5, 0.6) is 5.75 Å². The predicted molar refractivity (Wildman–Crippen MR) is 78.1 cm³/mol. The van der Waals surface area contributed by atoms with Gasteiger partial charge in [0.15, 0.2) is 18.2 Å². The van der Waals surface area contributed by atoms with Crippen LogP contribution in [0.25, 0.3) is 11.1 Å². The van der Waals surface area contributed by atoms with Gasteiger partial charge in [0.2, 0.25) is 0 Å². The summed E-state index contributed by atoms with van der Waals surface area (Å²) in [7, 11) is 1.72. The summed E-state index contributed by atoms with van der Waals surface area (Å²) in [4.78, 5) is 17.5. The van der Waals surface area contributed by atoms with Crippen LogP contribution in [-0.4, -0.2) is 24.5 Å². The number of anilines is 1. The number of aromatic nitrogens is 1. The summed E-state index contributed by atoms with van der Waals surface area (Å²) < 4.78 is 5.48. The molecule has 1 aliphatic rings. The molecule has 0 aliphatic carbocycles. The van der Waals surface area contributed by atoms with E-state index in [4.69, 9.17) is 4.74 Å². The molecule has 1 amide bonds. The molecule has 2 heterocycles. The topological polar surface area (TPSA) is 42.4 Å². The smallest absolute Gasteiger partial charge is 0.265 e. The Labute approximate surface area is 118 Å². The van der Waals surface area contributed by atoms with Gasteiger partial charge in [0.1, 0.15) is 0 Å². The van der Waals surface area contributed by atoms with Gasteiger partial charge in [-0.05, 0) is 31.0 Å². The molecule has 3 rings (SSSR count). The van der Waals surface area contributed by atoms with Crippen molar-refractivity contribution < 1.29 is 9.53 Å². The van der Waals surface area contributed by atoms with Gasteiger partial charge in [-0.1, -0.05) is 23.8 Å². The van der Waals surface area contributed by atoms with Crippen molar-refractivity contribution in [3.63, 3.8) is 0 Å². The fourth-order valence-electron chi connectivity index (χ4n) is 2.43. The van der Waals surface area contributed by atoms with Crippen LogP contribution in [0.1, 0.15) is 11.1 Å². The maximum atomic E-state index is 11.6. The van der Waals surface area contributed by atoms with Crippen molar-refractivity contribution in [2.45, 2.75) is 13.8 Å². The van der Waals surface area contributed by atoms with Crippen LogP contribution in [-0.2, 0) is 4.79 Å². The molecule has 1 aromatic heterocycles. The molecule has 1 aromatic carbocycles. The van der Waals surface area contributed by atoms with E-state index in [9.17, 15) is 4.79 Å². The van der Waals surface area contributed by atoms with Crippen molar-refractivity contribution in [2.24, 2.45) is 0 Å². The highest BCUT2D eigenvalue weighted by Gasteiger charge is 2.24. The highest BCUT2D eigenvalue weighted by molar-refractivity contribution is 5.96. The number of likely N-dealkylation sites (N-methyl/N-ethyl adjacent to an activating group) is 1. The predicted octanol–water partition coefficient (Wildman–Crippen LogP) is 2.72. The number of nitrogens with zero attached hydrogens (tertiary/aromatic N) is 2. The van der Waals surface area contributed by atoms with Gasteiger partial charge in [-0.15, -0.1) is 0 Å². The third-order valence-corrected chi connectivity index (χ3v) is 3.57. The maximum absolute atomic E-state index is 11.6. The average molecular weight is 268 g/mol. The largest absolute Gasteiger partial charge is 0.480 e. The van der Waals surface area contributed by atoms with Gasteiger partial charge in [-0.3, -0.25) is 9.69 Å². The van der Waals surface area contributed by atoms with E-state index < -0.39 is 0 Å². The SMILES string of the molecule is Cc1ccc(-c2cnc3c(c2)OCC(=O)N3C)c(C)c1. The number of carbonyl (C=O) groups is 1. The first-order chi connectivity index (χ1) is 9.56. The van der Waals surface area contributed by atoms with Gasteiger partial charge in [0.25, 0.3) is 5.91 Å². The summed E-state index contributed by atoms with van der Waals surface area (Å²) in [6.07, 6.45) is 1.79. The van der Waals surface area contributed by atoms with E-state index in [1.165, 1.54) is 16.0 Å². The zero-order valence-electron chi connectivity index (χ0n) is 11.8. The molecule has 0 bridgehead atoms. The van der Waals surface area contributed by atoms with Crippen molar-refractivity contribution in [3.05, 3.63) is 41.6 Å². The molecule has 2 aromatic rings. The van der Waals surface area contributed by atoms with Crippen LogP contribution in [0, 0.1) is 13.8 Å². The maximum Gasteiger partial charge on any atom is 0.265 e. The lowest BCUT2D eigenvalue weighted by Crippen LogP contribution is -2.36. The number of hydrogen-bond donors (Lipinski definition) is 0. The van der Waals surface area contributed by atoms with E-state index in [0.29, 0.717) is 11.6 Å². The Hall–Kier alpha value is -2.36. The van der Waals surface area contributed by atoms with E-state index >= 15 is 0 Å². The third-order valence-electron chi connectivity index (χ3n) is 3.57. The van der Waals surface area contributed by atoms with Gasteiger partial charge in [0.05, 0.1) is 0 Å². The Morgan fingerprint density at radius 3 is 2.80 bits per heavy atom. The van der Waals surface area contributed by atoms with Gasteiger partial charge < -0.3 is 4.74 Å². The molecule has 0 saturated carbocycles. The monoisotopic (exact) mass is 268 g/mol. The summed E-state index contributed by atoms with van der Waals surface area (Å²) >= 11 is 0. The summed E-state index contributed by atoms with van der Waals surface area (Å²) in [5.41, 5.74) is 4.57. The number of rotatable bonds is 1. The minimum atomic E-state index is -0.0794. The second-order valence-electron chi connectivity index (χ2n) is 5.11. The zero-order valence-corrected chi connectivity index (χ0v) is 11.8. The van der Waals surface area contributed by atoms with E-state index in [0.717, 1.165) is 11.1 Å². The first kappa shape index (κ1) is 12.7. The Morgan fingerprint density at radius 1 is 1.25 bits per heavy atom. The van der Waals surface area contributed by atoms with Gasteiger partial charge >= 0.3 is 0 Å². The van der Waals surface area contributed by atoms with Crippen LogP contribution >= 0.6 is 0 Å². The third kappa shape index (κ3) is 2.03. The van der Waals surface area contributed by atoms with E-state index in [-0.39, 0.29) is 12.5 Å². The number of benzene rings is 1. The lowest BCUT2D eigenvalue weighted by Gasteiger charge is -2.25. The Kier molecular flexibility index (Phi) is 2.93. The van der Waals surface area contributed by atoms with E-state index in [1.54, 1.807) is 13.2 Å². The number of hydrogen-bond acceptors (Lipinski definition) is 3. The molecule has 0 spiro atoms. The molecule has 4 heteroatoms. The van der Waals surface area contributed by atoms with Crippen molar-refractivity contribution in [3.8, 4) is 16.9 Å². The van der Waals surface area contributed by atoms with Gasteiger partial charge in [-0.25, -0.2) is 4.98 Å². The summed E-state index contributed by atoms with van der Waals surface area (Å²) in [6.45, 7) is 4.23. The van der Waals surface area contributed by atoms with E-state index in [2.05, 4.69) is 37.0 Å². The van der Waals surface area contributed by atoms with Crippen LogP contribution in [0.15, 0.2) is 30.5 Å². The fourth-order valence-corrected chi connectivity index (χ4v) is 2.43. The molecule has 1 aliphatic heterocycles. The first-order valence-electron chi connectivity index (χ1n) is 6.53. The van der Waals surface area contributed by atoms with E-state index in [1.807, 2.05) is 6.07 Å². The zero-order chi connectivity index (χ0) is 14.3. The number of pyridine rings is 1. The van der Waals surface area contributed by atoms with Crippen molar-refractivity contribution in [1.29, 1.82) is 0 Å². The molecular weight excluding hydrogens is 252 g/mol. The molecule has 0 fully saturated rings. The van der Waals surface area contributed by atoms with Crippen LogP contribution in [0.2, 0.25) is 0 Å². The standard InChI is InChI=1S/C16H16N2O2/c1-10-4-5-13(11(2)6-10)12-7-14-16(17-8-12)18(3)15(19)9-20-14/h4-8H,9H2,1-3H3. The summed E-state index contributed by atoms with van der Waals surface area (Å²) in [5.74, 6) is 1.16. The number of amides is 1. The second-order valence-corrected chi connectivity index (χ2v) is 5.11. The van der Waals surface area contributed by atoms with Crippen LogP contribution in [0.4, 0.5) is 5.82 Å². The summed E-state index contributed by atoms with van der Waals surface area (Å²) in [6, 6.07) is 8.26. The average Bonchev–Trinajstić information content (AvgIpc) is 2.43. The minimum absolute atomic E-state index is 0.0709. The highest BCUT2D eigenvalue weighted by atomic mass is 16.5. The normalized spacial score (nSPS) is 13.9. The van der Waals surface area contributed by atoms with Gasteiger partial charge in [-0.2, -0.15) is 0 Å². The number of ether oxygens (including phenoxy) is 1. The number of carbonyl (C=O) groups excluding carboxylic acids is 1. The molecule has 0 saturated heterocycles.